The minimum Gasteiger partial charge on any atom is -0.337 e. The molecule has 1 aliphatic heterocycles. The van der Waals surface area contributed by atoms with Crippen molar-refractivity contribution in [1.29, 1.82) is 0 Å². The number of amides is 4. The highest BCUT2D eigenvalue weighted by atomic mass is 32.1. The van der Waals surface area contributed by atoms with Crippen LogP contribution in [0.15, 0.2) is 47.2 Å². The summed E-state index contributed by atoms with van der Waals surface area (Å²) in [4.78, 5) is 40.3. The van der Waals surface area contributed by atoms with Gasteiger partial charge in [-0.1, -0.05) is 30.3 Å². The predicted octanol–water partition coefficient (Wildman–Crippen LogP) is 2.73. The number of carbonyl (C=O) groups excluding carboxylic acids is 3. The van der Waals surface area contributed by atoms with Gasteiger partial charge in [-0.05, 0) is 41.8 Å². The first-order valence-electron chi connectivity index (χ1n) is 8.32. The third kappa shape index (κ3) is 3.10. The van der Waals surface area contributed by atoms with E-state index in [2.05, 4.69) is 5.32 Å². The number of hydrogen-bond acceptors (Lipinski definition) is 4. The van der Waals surface area contributed by atoms with Crippen molar-refractivity contribution in [2.24, 2.45) is 0 Å². The summed E-state index contributed by atoms with van der Waals surface area (Å²) < 4.78 is 0. The van der Waals surface area contributed by atoms with Crippen molar-refractivity contribution in [2.75, 3.05) is 13.6 Å². The lowest BCUT2D eigenvalue weighted by Gasteiger charge is -2.27. The fraction of sp³-hybridized carbons (Fsp3) is 0.316. The SMILES string of the molecule is CC(c1ccccc1)N(C)C(=O)CN1C(=O)NC(C)(c2ccsc2)C1=O. The first-order chi connectivity index (χ1) is 12.3. The van der Waals surface area contributed by atoms with E-state index in [1.807, 2.05) is 48.0 Å². The molecule has 0 bridgehead atoms. The van der Waals surface area contributed by atoms with Crippen LogP contribution >= 0.6 is 11.3 Å². The van der Waals surface area contributed by atoms with Crippen LogP contribution in [0.1, 0.15) is 31.0 Å². The van der Waals surface area contributed by atoms with Gasteiger partial charge in [-0.25, -0.2) is 4.79 Å². The molecule has 2 atom stereocenters. The van der Waals surface area contributed by atoms with Crippen LogP contribution in [0, 0.1) is 0 Å². The lowest BCUT2D eigenvalue weighted by atomic mass is 9.95. The average Bonchev–Trinajstić information content (AvgIpc) is 3.25. The first kappa shape index (κ1) is 18.1. The van der Waals surface area contributed by atoms with Crippen LogP contribution in [0.25, 0.3) is 0 Å². The Morgan fingerprint density at radius 1 is 1.27 bits per heavy atom. The van der Waals surface area contributed by atoms with Crippen molar-refractivity contribution in [1.82, 2.24) is 15.1 Å². The second-order valence-electron chi connectivity index (χ2n) is 6.55. The number of hydrogen-bond donors (Lipinski definition) is 1. The number of imide groups is 1. The Labute approximate surface area is 156 Å². The van der Waals surface area contributed by atoms with Crippen molar-refractivity contribution >= 4 is 29.2 Å². The summed E-state index contributed by atoms with van der Waals surface area (Å²) in [5, 5.41) is 6.39. The molecule has 136 valence electrons. The van der Waals surface area contributed by atoms with E-state index in [1.165, 1.54) is 11.3 Å². The lowest BCUT2D eigenvalue weighted by molar-refractivity contribution is -0.139. The summed E-state index contributed by atoms with van der Waals surface area (Å²) in [7, 11) is 1.68. The molecular weight excluding hydrogens is 350 g/mol. The van der Waals surface area contributed by atoms with Crippen LogP contribution in [-0.4, -0.2) is 41.2 Å². The first-order valence-corrected chi connectivity index (χ1v) is 9.26. The molecule has 7 heteroatoms. The van der Waals surface area contributed by atoms with Gasteiger partial charge in [0.25, 0.3) is 5.91 Å². The number of benzene rings is 1. The minimum absolute atomic E-state index is 0.160. The van der Waals surface area contributed by atoms with E-state index in [4.69, 9.17) is 0 Å². The molecule has 6 nitrogen and oxygen atoms in total. The Bertz CT molecular complexity index is 822. The molecule has 1 N–H and O–H groups in total. The molecule has 26 heavy (non-hydrogen) atoms. The maximum atomic E-state index is 12.8. The molecule has 3 rings (SSSR count). The maximum absolute atomic E-state index is 12.8. The molecule has 0 saturated carbocycles. The number of likely N-dealkylation sites (N-methyl/N-ethyl adjacent to an activating group) is 1. The average molecular weight is 371 g/mol. The van der Waals surface area contributed by atoms with Gasteiger partial charge in [-0.2, -0.15) is 11.3 Å². The molecule has 1 saturated heterocycles. The predicted molar refractivity (Wildman–Crippen MR) is 99.5 cm³/mol. The second kappa shape index (κ2) is 6.92. The number of carbonyl (C=O) groups is 3. The summed E-state index contributed by atoms with van der Waals surface area (Å²) in [6.07, 6.45) is 0. The summed E-state index contributed by atoms with van der Waals surface area (Å²) in [5.74, 6) is -0.700. The number of nitrogens with one attached hydrogen (secondary N) is 1. The van der Waals surface area contributed by atoms with Gasteiger partial charge in [0.15, 0.2) is 0 Å². The highest BCUT2D eigenvalue weighted by Gasteiger charge is 2.49. The summed E-state index contributed by atoms with van der Waals surface area (Å²) in [6, 6.07) is 10.7. The molecule has 2 heterocycles. The van der Waals surface area contributed by atoms with Crippen LogP contribution < -0.4 is 5.32 Å². The summed E-state index contributed by atoms with van der Waals surface area (Å²) >= 11 is 1.45. The highest BCUT2D eigenvalue weighted by molar-refractivity contribution is 7.08. The van der Waals surface area contributed by atoms with Gasteiger partial charge in [0.1, 0.15) is 12.1 Å². The molecule has 0 spiro atoms. The van der Waals surface area contributed by atoms with Gasteiger partial charge in [-0.15, -0.1) is 0 Å². The molecule has 2 unspecified atom stereocenters. The number of thiophene rings is 1. The van der Waals surface area contributed by atoms with Crippen molar-refractivity contribution in [2.45, 2.75) is 25.4 Å². The van der Waals surface area contributed by atoms with Gasteiger partial charge in [-0.3, -0.25) is 14.5 Å². The Hall–Kier alpha value is -2.67. The van der Waals surface area contributed by atoms with Crippen LogP contribution in [-0.2, 0) is 15.1 Å². The quantitative estimate of drug-likeness (QED) is 0.822. The van der Waals surface area contributed by atoms with Crippen molar-refractivity contribution in [3.63, 3.8) is 0 Å². The Kier molecular flexibility index (Phi) is 4.82. The Morgan fingerprint density at radius 3 is 2.58 bits per heavy atom. The Balaban J connectivity index is 1.73. The van der Waals surface area contributed by atoms with E-state index in [-0.39, 0.29) is 18.5 Å². The monoisotopic (exact) mass is 371 g/mol. The van der Waals surface area contributed by atoms with Crippen molar-refractivity contribution < 1.29 is 14.4 Å². The van der Waals surface area contributed by atoms with Gasteiger partial charge < -0.3 is 10.2 Å². The number of nitrogens with zero attached hydrogens (tertiary/aromatic N) is 2. The normalized spacial score (nSPS) is 20.8. The zero-order chi connectivity index (χ0) is 18.9. The van der Waals surface area contributed by atoms with Crippen LogP contribution in [0.5, 0.6) is 0 Å². The van der Waals surface area contributed by atoms with Crippen molar-refractivity contribution in [3.8, 4) is 0 Å². The van der Waals surface area contributed by atoms with E-state index in [1.54, 1.807) is 24.9 Å². The largest absolute Gasteiger partial charge is 0.337 e. The number of urea groups is 1. The van der Waals surface area contributed by atoms with Gasteiger partial charge in [0.05, 0.1) is 6.04 Å². The van der Waals surface area contributed by atoms with E-state index >= 15 is 0 Å². The third-order valence-corrected chi connectivity index (χ3v) is 5.61. The standard InChI is InChI=1S/C19H21N3O3S/c1-13(14-7-5-4-6-8-14)21(3)16(23)11-22-17(24)19(2,20-18(22)25)15-9-10-26-12-15/h4-10,12-13H,11H2,1-3H3,(H,20,25). The lowest BCUT2D eigenvalue weighted by Crippen LogP contribution is -2.44. The molecule has 0 aliphatic carbocycles. The van der Waals surface area contributed by atoms with Gasteiger partial charge in [0, 0.05) is 7.05 Å². The topological polar surface area (TPSA) is 69.7 Å². The van der Waals surface area contributed by atoms with E-state index in [0.29, 0.717) is 0 Å². The molecular formula is C19H21N3O3S. The molecule has 1 aromatic heterocycles. The second-order valence-corrected chi connectivity index (χ2v) is 7.33. The van der Waals surface area contributed by atoms with E-state index in [9.17, 15) is 14.4 Å². The highest BCUT2D eigenvalue weighted by Crippen LogP contribution is 2.30. The zero-order valence-corrected chi connectivity index (χ0v) is 15.7. The Morgan fingerprint density at radius 2 is 1.96 bits per heavy atom. The maximum Gasteiger partial charge on any atom is 0.325 e. The molecule has 1 aromatic carbocycles. The fourth-order valence-electron chi connectivity index (χ4n) is 3.00. The molecule has 1 aliphatic rings. The van der Waals surface area contributed by atoms with Gasteiger partial charge in [0.2, 0.25) is 5.91 Å². The molecule has 1 fully saturated rings. The summed E-state index contributed by atoms with van der Waals surface area (Å²) in [5.41, 5.74) is 0.589. The van der Waals surface area contributed by atoms with E-state index < -0.39 is 17.5 Å². The number of rotatable bonds is 5. The molecule has 2 aromatic rings. The fourth-order valence-corrected chi connectivity index (χ4v) is 3.77. The molecule has 0 radical (unpaired) electrons. The van der Waals surface area contributed by atoms with Crippen LogP contribution in [0.3, 0.4) is 0 Å². The minimum atomic E-state index is -1.12. The van der Waals surface area contributed by atoms with Crippen LogP contribution in [0.2, 0.25) is 0 Å². The smallest absolute Gasteiger partial charge is 0.325 e. The van der Waals surface area contributed by atoms with Crippen LogP contribution in [0.4, 0.5) is 4.79 Å². The van der Waals surface area contributed by atoms with Gasteiger partial charge >= 0.3 is 6.03 Å². The third-order valence-electron chi connectivity index (χ3n) is 4.92. The van der Waals surface area contributed by atoms with Crippen molar-refractivity contribution in [3.05, 3.63) is 58.3 Å². The zero-order valence-electron chi connectivity index (χ0n) is 14.9. The summed E-state index contributed by atoms with van der Waals surface area (Å²) in [6.45, 7) is 3.29. The van der Waals surface area contributed by atoms with E-state index in [0.717, 1.165) is 16.0 Å². The molecule has 4 amide bonds.